The van der Waals surface area contributed by atoms with Crippen molar-refractivity contribution >= 4 is 33.3 Å². The number of imidazole rings is 1. The minimum Gasteiger partial charge on any atom is -0.465 e. The Kier molecular flexibility index (Phi) is 3.66. The first-order chi connectivity index (χ1) is 10.0. The van der Waals surface area contributed by atoms with E-state index in [0.29, 0.717) is 35.5 Å². The van der Waals surface area contributed by atoms with Gasteiger partial charge >= 0.3 is 11.8 Å². The molecule has 9 heteroatoms. The zero-order chi connectivity index (χ0) is 15.0. The summed E-state index contributed by atoms with van der Waals surface area (Å²) in [5, 5.41) is 9.07. The van der Waals surface area contributed by atoms with E-state index in [1.807, 2.05) is 0 Å². The predicted octanol–water partition coefficient (Wildman–Crippen LogP) is 1.27. The van der Waals surface area contributed by atoms with Gasteiger partial charge in [-0.2, -0.15) is 0 Å². The fraction of sp³-hybridized carbons (Fsp3) is 0.500. The molecule has 1 atom stereocenters. The number of hydrogen-bond donors (Lipinski definition) is 2. The van der Waals surface area contributed by atoms with Crippen LogP contribution in [0, 0.1) is 5.92 Å². The number of aromatic amines is 1. The van der Waals surface area contributed by atoms with Gasteiger partial charge in [0.1, 0.15) is 4.60 Å². The van der Waals surface area contributed by atoms with Gasteiger partial charge < -0.3 is 10.0 Å². The van der Waals surface area contributed by atoms with Crippen LogP contribution in [0.2, 0.25) is 0 Å². The number of aromatic nitrogens is 4. The first kappa shape index (κ1) is 14.1. The lowest BCUT2D eigenvalue weighted by Gasteiger charge is -2.30. The van der Waals surface area contributed by atoms with Crippen LogP contribution in [-0.2, 0) is 6.54 Å². The van der Waals surface area contributed by atoms with Gasteiger partial charge in [0, 0.05) is 19.6 Å². The summed E-state index contributed by atoms with van der Waals surface area (Å²) >= 11 is 3.24. The van der Waals surface area contributed by atoms with Crippen molar-refractivity contribution in [3.63, 3.8) is 0 Å². The minimum atomic E-state index is -0.909. The second-order valence-electron chi connectivity index (χ2n) is 5.14. The van der Waals surface area contributed by atoms with E-state index in [0.717, 1.165) is 12.8 Å². The van der Waals surface area contributed by atoms with E-state index < -0.39 is 6.09 Å². The molecule has 21 heavy (non-hydrogen) atoms. The Bertz CT molecular complexity index is 740. The Morgan fingerprint density at radius 2 is 2.38 bits per heavy atom. The summed E-state index contributed by atoms with van der Waals surface area (Å²) in [7, 11) is 0. The molecule has 0 aliphatic carbocycles. The molecule has 0 saturated carbocycles. The summed E-state index contributed by atoms with van der Waals surface area (Å²) in [6.07, 6.45) is 2.32. The van der Waals surface area contributed by atoms with E-state index in [-0.39, 0.29) is 11.6 Å². The number of carboxylic acid groups (broad SMARTS) is 1. The van der Waals surface area contributed by atoms with Gasteiger partial charge in [-0.05, 0) is 34.7 Å². The zero-order valence-electron chi connectivity index (χ0n) is 11.1. The number of hydrogen-bond acceptors (Lipinski definition) is 4. The highest BCUT2D eigenvalue weighted by atomic mass is 79.9. The van der Waals surface area contributed by atoms with Crippen LogP contribution in [0.15, 0.2) is 15.6 Å². The maximum atomic E-state index is 12.0. The smallest absolute Gasteiger partial charge is 0.407 e. The van der Waals surface area contributed by atoms with Crippen LogP contribution >= 0.6 is 15.9 Å². The van der Waals surface area contributed by atoms with E-state index in [1.165, 1.54) is 15.7 Å². The van der Waals surface area contributed by atoms with Crippen molar-refractivity contribution in [3.05, 3.63) is 21.3 Å². The van der Waals surface area contributed by atoms with Gasteiger partial charge in [-0.1, -0.05) is 0 Å². The summed E-state index contributed by atoms with van der Waals surface area (Å²) in [4.78, 5) is 35.5. The van der Waals surface area contributed by atoms with Crippen LogP contribution < -0.4 is 5.69 Å². The van der Waals surface area contributed by atoms with Gasteiger partial charge in [0.2, 0.25) is 0 Å². The fourth-order valence-corrected chi connectivity index (χ4v) is 2.99. The van der Waals surface area contributed by atoms with Crippen molar-refractivity contribution in [2.24, 2.45) is 5.92 Å². The summed E-state index contributed by atoms with van der Waals surface area (Å²) < 4.78 is 2.09. The highest BCUT2D eigenvalue weighted by Crippen LogP contribution is 2.19. The molecule has 8 nitrogen and oxygen atoms in total. The quantitative estimate of drug-likeness (QED) is 0.843. The fourth-order valence-electron chi connectivity index (χ4n) is 2.72. The molecule has 1 aliphatic rings. The highest BCUT2D eigenvalue weighted by Gasteiger charge is 2.24. The molecule has 112 valence electrons. The normalized spacial score (nSPS) is 19.1. The Balaban J connectivity index is 1.87. The van der Waals surface area contributed by atoms with Crippen molar-refractivity contribution < 1.29 is 9.90 Å². The third-order valence-corrected chi connectivity index (χ3v) is 4.06. The first-order valence-corrected chi connectivity index (χ1v) is 7.43. The summed E-state index contributed by atoms with van der Waals surface area (Å²) in [5.41, 5.74) is 0.659. The van der Waals surface area contributed by atoms with Gasteiger partial charge in [-0.25, -0.2) is 19.6 Å². The Morgan fingerprint density at radius 1 is 1.57 bits per heavy atom. The molecule has 1 amide bonds. The molecule has 3 rings (SSSR count). The van der Waals surface area contributed by atoms with Gasteiger partial charge in [0.25, 0.3) is 0 Å². The number of nitrogens with one attached hydrogen (secondary N) is 1. The van der Waals surface area contributed by atoms with Crippen molar-refractivity contribution in [1.82, 2.24) is 24.4 Å². The number of piperidine rings is 1. The van der Waals surface area contributed by atoms with Gasteiger partial charge in [0.05, 0.1) is 6.20 Å². The summed E-state index contributed by atoms with van der Waals surface area (Å²) in [5.74, 6) is 0.104. The van der Waals surface area contributed by atoms with E-state index in [4.69, 9.17) is 5.11 Å². The molecule has 0 radical (unpaired) electrons. The highest BCUT2D eigenvalue weighted by molar-refractivity contribution is 9.10. The summed E-state index contributed by atoms with van der Waals surface area (Å²) in [6.45, 7) is 1.43. The molecule has 1 fully saturated rings. The van der Waals surface area contributed by atoms with Crippen LogP contribution in [0.1, 0.15) is 12.8 Å². The largest absolute Gasteiger partial charge is 0.465 e. The van der Waals surface area contributed by atoms with Crippen molar-refractivity contribution in [1.29, 1.82) is 0 Å². The molecule has 0 aromatic carbocycles. The Morgan fingerprint density at radius 3 is 3.14 bits per heavy atom. The maximum absolute atomic E-state index is 12.0. The van der Waals surface area contributed by atoms with E-state index >= 15 is 0 Å². The molecule has 1 aliphatic heterocycles. The first-order valence-electron chi connectivity index (χ1n) is 6.63. The van der Waals surface area contributed by atoms with Crippen molar-refractivity contribution in [2.45, 2.75) is 19.4 Å². The molecular formula is C12H14BrN5O3. The predicted molar refractivity (Wildman–Crippen MR) is 78.2 cm³/mol. The van der Waals surface area contributed by atoms with E-state index in [2.05, 4.69) is 30.9 Å². The molecule has 3 heterocycles. The standard InChI is InChI=1S/C12H14BrN5O3/c13-8-4-14-9-10(15-8)18(11(19)16-9)6-7-2-1-3-17(5-7)12(20)21/h4,7H,1-3,5-6H2,(H,20,21)(H,14,16,19). The number of nitrogens with zero attached hydrogens (tertiary/aromatic N) is 4. The van der Waals surface area contributed by atoms with Crippen LogP contribution in [0.5, 0.6) is 0 Å². The number of rotatable bonds is 2. The Hall–Kier alpha value is -1.90. The molecule has 2 N–H and O–H groups in total. The SMILES string of the molecule is O=C(O)N1CCCC(Cn2c(=O)[nH]c3ncc(Br)nc32)C1. The van der Waals surface area contributed by atoms with Gasteiger partial charge in [-0.15, -0.1) is 0 Å². The second kappa shape index (κ2) is 5.47. The molecular weight excluding hydrogens is 342 g/mol. The number of H-pyrrole nitrogens is 1. The third kappa shape index (κ3) is 2.78. The molecule has 1 unspecified atom stereocenters. The maximum Gasteiger partial charge on any atom is 0.407 e. The average molecular weight is 356 g/mol. The van der Waals surface area contributed by atoms with Gasteiger partial charge in [-0.3, -0.25) is 9.55 Å². The second-order valence-corrected chi connectivity index (χ2v) is 5.96. The van der Waals surface area contributed by atoms with Crippen LogP contribution in [0.4, 0.5) is 4.79 Å². The lowest BCUT2D eigenvalue weighted by Crippen LogP contribution is -2.41. The Labute approximate surface area is 127 Å². The number of amides is 1. The van der Waals surface area contributed by atoms with E-state index in [1.54, 1.807) is 0 Å². The van der Waals surface area contributed by atoms with Crippen molar-refractivity contribution in [2.75, 3.05) is 13.1 Å². The zero-order valence-corrected chi connectivity index (χ0v) is 12.7. The third-order valence-electron chi connectivity index (χ3n) is 3.68. The molecule has 2 aromatic rings. The van der Waals surface area contributed by atoms with Crippen LogP contribution in [-0.4, -0.2) is 48.7 Å². The monoisotopic (exact) mass is 355 g/mol. The average Bonchev–Trinajstić information content (AvgIpc) is 2.75. The van der Waals surface area contributed by atoms with Crippen molar-refractivity contribution in [3.8, 4) is 0 Å². The van der Waals surface area contributed by atoms with Crippen LogP contribution in [0.3, 0.4) is 0 Å². The van der Waals surface area contributed by atoms with E-state index in [9.17, 15) is 9.59 Å². The molecule has 0 spiro atoms. The molecule has 1 saturated heterocycles. The number of halogens is 1. The lowest BCUT2D eigenvalue weighted by molar-refractivity contribution is 0.116. The lowest BCUT2D eigenvalue weighted by atomic mass is 9.98. The number of likely N-dealkylation sites (tertiary alicyclic amines) is 1. The number of fused-ring (bicyclic) bond motifs is 1. The topological polar surface area (TPSA) is 104 Å². The minimum absolute atomic E-state index is 0.104. The molecule has 0 bridgehead atoms. The molecule has 2 aromatic heterocycles. The number of carbonyl (C=O) groups is 1. The van der Waals surface area contributed by atoms with Crippen LogP contribution in [0.25, 0.3) is 11.3 Å². The van der Waals surface area contributed by atoms with Gasteiger partial charge in [0.15, 0.2) is 11.3 Å². The summed E-state index contributed by atoms with van der Waals surface area (Å²) in [6, 6.07) is 0.